The van der Waals surface area contributed by atoms with Crippen LogP contribution in [0.3, 0.4) is 0 Å². The first kappa shape index (κ1) is 12.3. The van der Waals surface area contributed by atoms with Gasteiger partial charge < -0.3 is 0 Å². The summed E-state index contributed by atoms with van der Waals surface area (Å²) in [5, 5.41) is 0.170. The zero-order valence-corrected chi connectivity index (χ0v) is 7.87. The fourth-order valence-corrected chi connectivity index (χ4v) is 0.671. The Kier molecular flexibility index (Phi) is 5.17. The van der Waals surface area contributed by atoms with Crippen LogP contribution < -0.4 is 0 Å². The van der Waals surface area contributed by atoms with E-state index in [4.69, 9.17) is 0 Å². The molecule has 10 heteroatoms. The summed E-state index contributed by atoms with van der Waals surface area (Å²) in [5.74, 6) is -2.92. The van der Waals surface area contributed by atoms with Gasteiger partial charge in [0.2, 0.25) is 20.6 Å². The molecule has 0 aromatic heterocycles. The van der Waals surface area contributed by atoms with Crippen LogP contribution in [0.15, 0.2) is 0 Å². The highest BCUT2D eigenvalue weighted by Crippen LogP contribution is 1.78. The summed E-state index contributed by atoms with van der Waals surface area (Å²) in [4.78, 5) is 27.8. The molecule has 0 heterocycles. The first-order valence-electron chi connectivity index (χ1n) is 2.70. The third-order valence-electron chi connectivity index (χ3n) is 0.591. The van der Waals surface area contributed by atoms with Gasteiger partial charge in [0.25, 0.3) is 0 Å². The van der Waals surface area contributed by atoms with Gasteiger partial charge in [0, 0.05) is 0 Å². The molecule has 0 aliphatic carbocycles. The maximum atomic E-state index is 10.3. The van der Waals surface area contributed by atoms with Crippen LogP contribution in [0, 0.1) is 0 Å². The largest absolute Gasteiger partial charge is 0.394 e. The van der Waals surface area contributed by atoms with Gasteiger partial charge in [-0.05, 0) is 0 Å². The lowest BCUT2D eigenvalue weighted by Crippen LogP contribution is -2.13. The zero-order valence-electron chi connectivity index (χ0n) is 6.24. The molecule has 0 radical (unpaired) electrons. The van der Waals surface area contributed by atoms with Crippen LogP contribution >= 0.6 is 0 Å². The summed E-state index contributed by atoms with van der Waals surface area (Å²) >= 11 is 0. The Morgan fingerprint density at radius 1 is 0.786 bits per heavy atom. The van der Waals surface area contributed by atoms with Crippen LogP contribution in [0.25, 0.3) is 0 Å². The summed E-state index contributed by atoms with van der Waals surface area (Å²) < 4.78 is 39.3. The molecule has 0 aromatic carbocycles. The normalized spacial score (nSPS) is 8.29. The van der Waals surface area contributed by atoms with Crippen molar-refractivity contribution in [3.05, 3.63) is 0 Å². The van der Waals surface area contributed by atoms with Crippen LogP contribution in [0.1, 0.15) is 0 Å². The Balaban J connectivity index is 4.22. The number of hydrogen-bond acceptors (Lipinski definition) is 8. The average molecular weight is 242 g/mol. The lowest BCUT2D eigenvalue weighted by Gasteiger charge is -1.93. The number of carbonyl (C=O) groups is 2. The van der Waals surface area contributed by atoms with E-state index in [1.165, 1.54) is 0 Å². The van der Waals surface area contributed by atoms with Crippen molar-refractivity contribution in [2.24, 2.45) is 0 Å². The lowest BCUT2D eigenvalue weighted by molar-refractivity contribution is -0.246. The highest BCUT2D eigenvalue weighted by Gasteiger charge is 2.05. The zero-order chi connectivity index (χ0) is 11.1. The van der Waals surface area contributed by atoms with Gasteiger partial charge in [-0.15, -0.1) is 0 Å². The van der Waals surface area contributed by atoms with E-state index in [2.05, 4.69) is 9.78 Å². The Morgan fingerprint density at radius 2 is 1.07 bits per heavy atom. The molecule has 0 saturated heterocycles. The second-order valence-corrected chi connectivity index (χ2v) is 3.07. The molecule has 0 rings (SSSR count). The summed E-state index contributed by atoms with van der Waals surface area (Å²) in [5.41, 5.74) is 0. The van der Waals surface area contributed by atoms with E-state index in [1.807, 2.05) is 0 Å². The smallest absolute Gasteiger partial charge is 0.241 e. The van der Waals surface area contributed by atoms with Gasteiger partial charge in [-0.3, -0.25) is 0 Å². The molecule has 78 valence electrons. The molecule has 0 bridgehead atoms. The standard InChI is InChI=1S/C4H2O8S2/c5-3(1-13(7)8)11-12-4(6)2-14(9)10/h1-2H. The van der Waals surface area contributed by atoms with Gasteiger partial charge in [0.1, 0.15) is 10.7 Å². The van der Waals surface area contributed by atoms with Gasteiger partial charge in [-0.2, -0.15) is 16.8 Å². The monoisotopic (exact) mass is 242 g/mol. The second-order valence-electron chi connectivity index (χ2n) is 1.56. The highest BCUT2D eigenvalue weighted by atomic mass is 32.2. The van der Waals surface area contributed by atoms with Crippen molar-refractivity contribution in [2.45, 2.75) is 0 Å². The van der Waals surface area contributed by atoms with Crippen molar-refractivity contribution in [3.8, 4) is 0 Å². The summed E-state index contributed by atoms with van der Waals surface area (Å²) in [7, 11) is -5.59. The molecule has 0 unspecified atom stereocenters. The summed E-state index contributed by atoms with van der Waals surface area (Å²) in [6.07, 6.45) is 0. The maximum Gasteiger partial charge on any atom is 0.394 e. The minimum absolute atomic E-state index is 0.0848. The number of rotatable bonds is 2. The maximum absolute atomic E-state index is 10.3. The van der Waals surface area contributed by atoms with E-state index in [-0.39, 0.29) is 10.7 Å². The minimum atomic E-state index is -2.79. The highest BCUT2D eigenvalue weighted by molar-refractivity contribution is 7.73. The molecule has 0 spiro atoms. The molecule has 0 aromatic rings. The van der Waals surface area contributed by atoms with Gasteiger partial charge in [0.05, 0.1) is 0 Å². The third-order valence-corrected chi connectivity index (χ3v) is 1.36. The van der Waals surface area contributed by atoms with E-state index < -0.39 is 32.5 Å². The van der Waals surface area contributed by atoms with Crippen molar-refractivity contribution >= 4 is 43.3 Å². The van der Waals surface area contributed by atoms with Crippen molar-refractivity contribution < 1.29 is 36.2 Å². The van der Waals surface area contributed by atoms with E-state index >= 15 is 0 Å². The van der Waals surface area contributed by atoms with Crippen molar-refractivity contribution in [1.29, 1.82) is 0 Å². The molecule has 0 N–H and O–H groups in total. The van der Waals surface area contributed by atoms with E-state index in [0.29, 0.717) is 0 Å². The molecular formula is C4H2O8S2. The minimum Gasteiger partial charge on any atom is -0.241 e. The van der Waals surface area contributed by atoms with Crippen LogP contribution in [-0.2, 0) is 40.0 Å². The van der Waals surface area contributed by atoms with Crippen LogP contribution in [0.4, 0.5) is 0 Å². The fraction of sp³-hybridized carbons (Fsp3) is 0. The number of carbonyl (C=O) groups excluding carboxylic acids is 2. The molecule has 8 nitrogen and oxygen atoms in total. The third kappa shape index (κ3) is 7.00. The van der Waals surface area contributed by atoms with E-state index in [9.17, 15) is 26.4 Å². The van der Waals surface area contributed by atoms with Crippen molar-refractivity contribution in [1.82, 2.24) is 0 Å². The predicted molar refractivity (Wildman–Crippen MR) is 42.2 cm³/mol. The van der Waals surface area contributed by atoms with Gasteiger partial charge in [-0.1, -0.05) is 0 Å². The molecule has 0 amide bonds. The lowest BCUT2D eigenvalue weighted by atomic mass is 10.8. The van der Waals surface area contributed by atoms with E-state index in [1.54, 1.807) is 0 Å². The summed E-state index contributed by atoms with van der Waals surface area (Å²) in [6, 6.07) is 0. The topological polar surface area (TPSA) is 121 Å². The second kappa shape index (κ2) is 5.88. The molecule has 0 aliphatic heterocycles. The van der Waals surface area contributed by atoms with Gasteiger partial charge in [0.15, 0.2) is 0 Å². The first-order chi connectivity index (χ1) is 6.41. The van der Waals surface area contributed by atoms with Crippen LogP contribution in [0.2, 0.25) is 0 Å². The number of hydrogen-bond donors (Lipinski definition) is 0. The van der Waals surface area contributed by atoms with Crippen LogP contribution in [0.5, 0.6) is 0 Å². The summed E-state index contributed by atoms with van der Waals surface area (Å²) in [6.45, 7) is 0. The predicted octanol–water partition coefficient (Wildman–Crippen LogP) is -2.65. The van der Waals surface area contributed by atoms with Crippen LogP contribution in [-0.4, -0.2) is 39.5 Å². The Hall–Kier alpha value is -1.68. The molecule has 0 fully saturated rings. The molecule has 0 atom stereocenters. The first-order valence-corrected chi connectivity index (χ1v) is 4.97. The fourth-order valence-electron chi connectivity index (χ4n) is 0.279. The SMILES string of the molecule is O=C(C=S(=O)=O)OOC(=O)C=S(=O)=O. The molecule has 0 saturated carbocycles. The molecule has 0 aliphatic rings. The van der Waals surface area contributed by atoms with Gasteiger partial charge in [-0.25, -0.2) is 19.4 Å². The average Bonchev–Trinajstić information content (AvgIpc) is 1.98. The molecule has 14 heavy (non-hydrogen) atoms. The van der Waals surface area contributed by atoms with E-state index in [0.717, 1.165) is 0 Å². The Morgan fingerprint density at radius 3 is 1.29 bits per heavy atom. The van der Waals surface area contributed by atoms with Crippen molar-refractivity contribution in [3.63, 3.8) is 0 Å². The Labute approximate surface area is 80.0 Å². The Bertz CT molecular complexity index is 427. The molecular weight excluding hydrogens is 240 g/mol. The quantitative estimate of drug-likeness (QED) is 0.292. The van der Waals surface area contributed by atoms with Gasteiger partial charge >= 0.3 is 11.9 Å². The van der Waals surface area contributed by atoms with Crippen molar-refractivity contribution in [2.75, 3.05) is 0 Å².